The highest BCUT2D eigenvalue weighted by molar-refractivity contribution is 14.1. The molecule has 1 aromatic carbocycles. The third kappa shape index (κ3) is 3.10. The molecule has 18 heavy (non-hydrogen) atoms. The van der Waals surface area contributed by atoms with E-state index >= 15 is 0 Å². The molecule has 0 radical (unpaired) electrons. The topological polar surface area (TPSA) is 49.8 Å². The second kappa shape index (κ2) is 5.99. The summed E-state index contributed by atoms with van der Waals surface area (Å²) in [5, 5.41) is 6.45. The number of benzene rings is 1. The molecule has 0 unspecified atom stereocenters. The maximum absolute atomic E-state index is 4.46. The Labute approximate surface area is 120 Å². The maximum Gasteiger partial charge on any atom is 0.224 e. The largest absolute Gasteiger partial charge is 0.354 e. The van der Waals surface area contributed by atoms with Crippen molar-refractivity contribution in [2.24, 2.45) is 0 Å². The first kappa shape index (κ1) is 13.1. The van der Waals surface area contributed by atoms with E-state index in [1.807, 2.05) is 38.2 Å². The highest BCUT2D eigenvalue weighted by Gasteiger charge is 2.05. The van der Waals surface area contributed by atoms with Crippen molar-refractivity contribution in [1.82, 2.24) is 9.97 Å². The normalized spacial score (nSPS) is 10.2. The first-order valence-corrected chi connectivity index (χ1v) is 6.87. The van der Waals surface area contributed by atoms with Crippen LogP contribution < -0.4 is 10.6 Å². The Bertz CT molecular complexity index is 542. The number of aryl methyl sites for hydroxylation is 1. The van der Waals surface area contributed by atoms with Gasteiger partial charge in [0.1, 0.15) is 5.82 Å². The summed E-state index contributed by atoms with van der Waals surface area (Å²) in [6, 6.07) is 8.12. The molecule has 2 rings (SSSR count). The first-order chi connectivity index (χ1) is 8.70. The zero-order valence-corrected chi connectivity index (χ0v) is 12.5. The summed E-state index contributed by atoms with van der Waals surface area (Å²) < 4.78 is 1.16. The summed E-state index contributed by atoms with van der Waals surface area (Å²) in [5.74, 6) is 1.49. The summed E-state index contributed by atoms with van der Waals surface area (Å²) in [6.07, 6.45) is 1.82. The third-order valence-electron chi connectivity index (χ3n) is 2.43. The van der Waals surface area contributed by atoms with Crippen molar-refractivity contribution in [2.45, 2.75) is 13.8 Å². The van der Waals surface area contributed by atoms with Crippen LogP contribution in [-0.4, -0.2) is 16.5 Å². The molecule has 0 fully saturated rings. The number of anilines is 3. The quantitative estimate of drug-likeness (QED) is 0.825. The molecule has 0 bridgehead atoms. The van der Waals surface area contributed by atoms with E-state index in [9.17, 15) is 0 Å². The molecule has 5 heteroatoms. The lowest BCUT2D eigenvalue weighted by Crippen LogP contribution is -2.05. The molecule has 0 atom stereocenters. The summed E-state index contributed by atoms with van der Waals surface area (Å²) in [4.78, 5) is 8.69. The molecule has 4 nitrogen and oxygen atoms in total. The van der Waals surface area contributed by atoms with Gasteiger partial charge in [0.2, 0.25) is 5.95 Å². The molecule has 0 aliphatic heterocycles. The average Bonchev–Trinajstić information content (AvgIpc) is 2.36. The molecule has 1 heterocycles. The number of nitrogens with zero attached hydrogens (tertiary/aromatic N) is 2. The van der Waals surface area contributed by atoms with Crippen molar-refractivity contribution in [3.05, 3.63) is 39.6 Å². The van der Waals surface area contributed by atoms with Gasteiger partial charge in [-0.05, 0) is 48.6 Å². The average molecular weight is 354 g/mol. The van der Waals surface area contributed by atoms with Gasteiger partial charge in [0.15, 0.2) is 0 Å². The van der Waals surface area contributed by atoms with Gasteiger partial charge in [-0.3, -0.25) is 0 Å². The number of hydrogen-bond donors (Lipinski definition) is 2. The number of aromatic nitrogens is 2. The van der Waals surface area contributed by atoms with Gasteiger partial charge < -0.3 is 10.6 Å². The van der Waals surface area contributed by atoms with Gasteiger partial charge in [-0.25, -0.2) is 4.98 Å². The van der Waals surface area contributed by atoms with Crippen LogP contribution in [0, 0.1) is 10.5 Å². The van der Waals surface area contributed by atoms with Crippen molar-refractivity contribution in [3.63, 3.8) is 0 Å². The zero-order chi connectivity index (χ0) is 13.0. The molecule has 0 aliphatic rings. The minimum atomic E-state index is 0.650. The smallest absolute Gasteiger partial charge is 0.224 e. The lowest BCUT2D eigenvalue weighted by Gasteiger charge is -2.11. The van der Waals surface area contributed by atoms with Crippen LogP contribution in [-0.2, 0) is 0 Å². The van der Waals surface area contributed by atoms with Crippen molar-refractivity contribution in [2.75, 3.05) is 17.2 Å². The minimum absolute atomic E-state index is 0.650. The summed E-state index contributed by atoms with van der Waals surface area (Å²) in [5.41, 5.74) is 2.08. The highest BCUT2D eigenvalue weighted by Crippen LogP contribution is 2.23. The number of nitrogens with one attached hydrogen (secondary N) is 2. The third-order valence-corrected chi connectivity index (χ3v) is 3.37. The first-order valence-electron chi connectivity index (χ1n) is 5.79. The van der Waals surface area contributed by atoms with Crippen LogP contribution in [0.15, 0.2) is 30.5 Å². The Morgan fingerprint density at radius 1 is 1.28 bits per heavy atom. The SMILES string of the molecule is CCNc1ncc(C)c(Nc2ccccc2I)n1. The van der Waals surface area contributed by atoms with E-state index in [0.717, 1.165) is 27.2 Å². The van der Waals surface area contributed by atoms with Crippen LogP contribution in [0.25, 0.3) is 0 Å². The van der Waals surface area contributed by atoms with Gasteiger partial charge in [0.25, 0.3) is 0 Å². The number of halogens is 1. The van der Waals surface area contributed by atoms with E-state index in [1.165, 1.54) is 0 Å². The molecule has 0 saturated carbocycles. The fourth-order valence-corrected chi connectivity index (χ4v) is 2.02. The van der Waals surface area contributed by atoms with Gasteiger partial charge >= 0.3 is 0 Å². The van der Waals surface area contributed by atoms with E-state index in [4.69, 9.17) is 0 Å². The monoisotopic (exact) mass is 354 g/mol. The van der Waals surface area contributed by atoms with E-state index in [-0.39, 0.29) is 0 Å². The van der Waals surface area contributed by atoms with Gasteiger partial charge in [0.05, 0.1) is 5.69 Å². The Morgan fingerprint density at radius 2 is 2.06 bits per heavy atom. The van der Waals surface area contributed by atoms with Crippen LogP contribution in [0.2, 0.25) is 0 Å². The molecule has 2 aromatic rings. The zero-order valence-electron chi connectivity index (χ0n) is 10.4. The van der Waals surface area contributed by atoms with Crippen molar-refractivity contribution >= 4 is 40.0 Å². The van der Waals surface area contributed by atoms with E-state index < -0.39 is 0 Å². The number of para-hydroxylation sites is 1. The van der Waals surface area contributed by atoms with Crippen LogP contribution >= 0.6 is 22.6 Å². The van der Waals surface area contributed by atoms with E-state index in [1.54, 1.807) is 0 Å². The molecule has 1 aromatic heterocycles. The molecule has 94 valence electrons. The lowest BCUT2D eigenvalue weighted by atomic mass is 10.3. The van der Waals surface area contributed by atoms with Gasteiger partial charge in [-0.15, -0.1) is 0 Å². The van der Waals surface area contributed by atoms with Crippen LogP contribution in [0.3, 0.4) is 0 Å². The molecule has 0 spiro atoms. The van der Waals surface area contributed by atoms with E-state index in [2.05, 4.69) is 49.3 Å². The summed E-state index contributed by atoms with van der Waals surface area (Å²) in [6.45, 7) is 4.83. The number of hydrogen-bond acceptors (Lipinski definition) is 4. The molecular formula is C13H15IN4. The predicted molar refractivity (Wildman–Crippen MR) is 83.4 cm³/mol. The maximum atomic E-state index is 4.46. The van der Waals surface area contributed by atoms with Crippen molar-refractivity contribution in [1.29, 1.82) is 0 Å². The van der Waals surface area contributed by atoms with Crippen molar-refractivity contribution < 1.29 is 0 Å². The minimum Gasteiger partial charge on any atom is -0.354 e. The predicted octanol–water partition coefficient (Wildman–Crippen LogP) is 3.57. The Kier molecular flexibility index (Phi) is 4.35. The van der Waals surface area contributed by atoms with Crippen LogP contribution in [0.1, 0.15) is 12.5 Å². The molecular weight excluding hydrogens is 339 g/mol. The highest BCUT2D eigenvalue weighted by atomic mass is 127. The molecule has 2 N–H and O–H groups in total. The Hall–Kier alpha value is -1.37. The summed E-state index contributed by atoms with van der Waals surface area (Å²) >= 11 is 2.30. The van der Waals surface area contributed by atoms with Crippen molar-refractivity contribution in [3.8, 4) is 0 Å². The van der Waals surface area contributed by atoms with Gasteiger partial charge in [-0.2, -0.15) is 4.98 Å². The van der Waals surface area contributed by atoms with Gasteiger partial charge in [-0.1, -0.05) is 12.1 Å². The molecule has 0 aliphatic carbocycles. The molecule has 0 saturated heterocycles. The van der Waals surface area contributed by atoms with Gasteiger partial charge in [0, 0.05) is 21.9 Å². The summed E-state index contributed by atoms with van der Waals surface area (Å²) in [7, 11) is 0. The second-order valence-electron chi connectivity index (χ2n) is 3.86. The Morgan fingerprint density at radius 3 is 2.78 bits per heavy atom. The fourth-order valence-electron chi connectivity index (χ4n) is 1.50. The molecule has 0 amide bonds. The number of rotatable bonds is 4. The van der Waals surface area contributed by atoms with Crippen LogP contribution in [0.5, 0.6) is 0 Å². The Balaban J connectivity index is 2.28. The fraction of sp³-hybridized carbons (Fsp3) is 0.231. The standard InChI is InChI=1S/C13H15IN4/c1-3-15-13-16-8-9(2)12(18-13)17-11-7-5-4-6-10(11)14/h4-8H,3H2,1-2H3,(H2,15,16,17,18). The van der Waals surface area contributed by atoms with Crippen LogP contribution in [0.4, 0.5) is 17.5 Å². The second-order valence-corrected chi connectivity index (χ2v) is 5.02. The lowest BCUT2D eigenvalue weighted by molar-refractivity contribution is 1.07. The van der Waals surface area contributed by atoms with E-state index in [0.29, 0.717) is 5.95 Å².